The van der Waals surface area contributed by atoms with E-state index in [-0.39, 0.29) is 0 Å². The number of rotatable bonds is 3. The molecular weight excluding hydrogens is 548 g/mol. The molecule has 7 aromatic carbocycles. The van der Waals surface area contributed by atoms with Gasteiger partial charge in [-0.1, -0.05) is 103 Å². The van der Waals surface area contributed by atoms with Crippen molar-refractivity contribution in [2.24, 2.45) is 0 Å². The lowest BCUT2D eigenvalue weighted by molar-refractivity contribution is 1.09. The summed E-state index contributed by atoms with van der Waals surface area (Å²) in [7, 11) is 0. The van der Waals surface area contributed by atoms with Crippen molar-refractivity contribution >= 4 is 65.4 Å². The molecule has 10 rings (SSSR count). The monoisotopic (exact) mass is 574 g/mol. The second kappa shape index (κ2) is 9.18. The average molecular weight is 575 g/mol. The Hall–Kier alpha value is -6.13. The van der Waals surface area contributed by atoms with Gasteiger partial charge in [-0.3, -0.25) is 4.57 Å². The molecule has 0 aliphatic rings. The number of imidazole rings is 1. The van der Waals surface area contributed by atoms with Gasteiger partial charge in [0.15, 0.2) is 0 Å². The Labute approximate surface area is 258 Å². The van der Waals surface area contributed by atoms with Gasteiger partial charge in [-0.05, 0) is 53.9 Å². The van der Waals surface area contributed by atoms with Crippen LogP contribution in [0, 0.1) is 0 Å². The summed E-state index contributed by atoms with van der Waals surface area (Å²) in [5, 5.41) is 7.49. The molecule has 0 atom stereocenters. The van der Waals surface area contributed by atoms with Crippen LogP contribution < -0.4 is 0 Å². The Bertz CT molecular complexity index is 2750. The highest BCUT2D eigenvalue weighted by Crippen LogP contribution is 2.47. The second-order valence-corrected chi connectivity index (χ2v) is 11.6. The normalized spacial score (nSPS) is 12.0. The molecule has 0 saturated carbocycles. The molecule has 0 unspecified atom stereocenters. The van der Waals surface area contributed by atoms with Gasteiger partial charge in [-0.2, -0.15) is 0 Å². The Morgan fingerprint density at radius 1 is 0.378 bits per heavy atom. The van der Waals surface area contributed by atoms with Crippen LogP contribution in [0.25, 0.3) is 82.5 Å². The topological polar surface area (TPSA) is 27.7 Å². The molecule has 0 spiro atoms. The molecular formula is C41H26N4. The molecule has 0 N–H and O–H groups in total. The highest BCUT2D eigenvalue weighted by molar-refractivity contribution is 6.36. The van der Waals surface area contributed by atoms with E-state index in [0.717, 1.165) is 33.6 Å². The number of aromatic nitrogens is 4. The summed E-state index contributed by atoms with van der Waals surface area (Å²) in [6, 6.07) is 54.3. The van der Waals surface area contributed by atoms with E-state index in [1.807, 2.05) is 12.4 Å². The first-order valence-corrected chi connectivity index (χ1v) is 15.3. The van der Waals surface area contributed by atoms with Crippen LogP contribution in [0.5, 0.6) is 0 Å². The lowest BCUT2D eigenvalue weighted by atomic mass is 9.99. The van der Waals surface area contributed by atoms with E-state index in [1.165, 1.54) is 48.9 Å². The summed E-state index contributed by atoms with van der Waals surface area (Å²) in [5.74, 6) is 0. The SMILES string of the molecule is c1ccc(-n2cnc3c(-n4c5ccccc5c5c4c4ccccc4c4c6ccccc6n(-c6ccccc6)c45)cccc32)cc1. The van der Waals surface area contributed by atoms with E-state index in [9.17, 15) is 0 Å². The molecule has 0 fully saturated rings. The molecule has 0 bridgehead atoms. The van der Waals surface area contributed by atoms with Gasteiger partial charge >= 0.3 is 0 Å². The van der Waals surface area contributed by atoms with Crippen molar-refractivity contribution in [3.63, 3.8) is 0 Å². The molecule has 4 heteroatoms. The number of benzene rings is 7. The molecule has 0 amide bonds. The van der Waals surface area contributed by atoms with Crippen LogP contribution in [-0.4, -0.2) is 18.7 Å². The molecule has 45 heavy (non-hydrogen) atoms. The van der Waals surface area contributed by atoms with Gasteiger partial charge in [0.2, 0.25) is 0 Å². The highest BCUT2D eigenvalue weighted by Gasteiger charge is 2.25. The molecule has 0 saturated heterocycles. The van der Waals surface area contributed by atoms with E-state index in [0.29, 0.717) is 0 Å². The molecule has 3 heterocycles. The minimum atomic E-state index is 0.969. The summed E-state index contributed by atoms with van der Waals surface area (Å²) >= 11 is 0. The zero-order chi connectivity index (χ0) is 29.5. The van der Waals surface area contributed by atoms with Crippen molar-refractivity contribution in [1.29, 1.82) is 0 Å². The first-order chi connectivity index (χ1) is 22.4. The van der Waals surface area contributed by atoms with Crippen LogP contribution in [-0.2, 0) is 0 Å². The molecule has 4 nitrogen and oxygen atoms in total. The third kappa shape index (κ3) is 3.28. The van der Waals surface area contributed by atoms with E-state index >= 15 is 0 Å². The minimum absolute atomic E-state index is 0.969. The van der Waals surface area contributed by atoms with E-state index < -0.39 is 0 Å². The second-order valence-electron chi connectivity index (χ2n) is 11.6. The molecule has 3 aromatic heterocycles. The smallest absolute Gasteiger partial charge is 0.113 e. The fraction of sp³-hybridized carbons (Fsp3) is 0. The van der Waals surface area contributed by atoms with Gasteiger partial charge in [-0.15, -0.1) is 0 Å². The third-order valence-corrected chi connectivity index (χ3v) is 9.28. The Kier molecular flexibility index (Phi) is 4.96. The Morgan fingerprint density at radius 3 is 1.67 bits per heavy atom. The maximum absolute atomic E-state index is 5.04. The van der Waals surface area contributed by atoms with Crippen LogP contribution >= 0.6 is 0 Å². The summed E-state index contributed by atoms with van der Waals surface area (Å²) in [6.07, 6.45) is 1.95. The van der Waals surface area contributed by atoms with Crippen LogP contribution in [0.4, 0.5) is 0 Å². The number of hydrogen-bond donors (Lipinski definition) is 0. The number of nitrogens with zero attached hydrogens (tertiary/aromatic N) is 4. The van der Waals surface area contributed by atoms with Crippen molar-refractivity contribution in [1.82, 2.24) is 18.7 Å². The number of fused-ring (bicyclic) bond motifs is 11. The van der Waals surface area contributed by atoms with Crippen LogP contribution in [0.1, 0.15) is 0 Å². The summed E-state index contributed by atoms with van der Waals surface area (Å²) < 4.78 is 7.08. The Balaban J connectivity index is 1.46. The van der Waals surface area contributed by atoms with Crippen molar-refractivity contribution in [2.75, 3.05) is 0 Å². The van der Waals surface area contributed by atoms with Gasteiger partial charge in [-0.25, -0.2) is 4.98 Å². The number of para-hydroxylation sites is 5. The van der Waals surface area contributed by atoms with Crippen molar-refractivity contribution in [3.8, 4) is 17.1 Å². The first kappa shape index (κ1) is 24.3. The number of hydrogen-bond acceptors (Lipinski definition) is 1. The predicted molar refractivity (Wildman–Crippen MR) is 187 cm³/mol. The van der Waals surface area contributed by atoms with Gasteiger partial charge in [0, 0.05) is 38.3 Å². The van der Waals surface area contributed by atoms with Crippen molar-refractivity contribution in [2.45, 2.75) is 0 Å². The maximum Gasteiger partial charge on any atom is 0.113 e. The molecule has 0 aliphatic carbocycles. The van der Waals surface area contributed by atoms with Gasteiger partial charge in [0.1, 0.15) is 11.8 Å². The highest BCUT2D eigenvalue weighted by atomic mass is 15.1. The standard InChI is InChI=1S/C41H26N4/c1-3-14-27(15-4-1)43-26-42-39-35(43)24-13-25-36(39)45-34-23-12-10-21-32(34)38-40(45)30-19-8-7-18-29(30)37-31-20-9-11-22-33(31)44(41(37)38)28-16-5-2-6-17-28/h1-26H. The van der Waals surface area contributed by atoms with E-state index in [1.54, 1.807) is 0 Å². The summed E-state index contributed by atoms with van der Waals surface area (Å²) in [6.45, 7) is 0. The summed E-state index contributed by atoms with van der Waals surface area (Å²) in [4.78, 5) is 5.04. The molecule has 210 valence electrons. The lowest BCUT2D eigenvalue weighted by Crippen LogP contribution is -1.98. The van der Waals surface area contributed by atoms with Crippen molar-refractivity contribution in [3.05, 3.63) is 158 Å². The quantitative estimate of drug-likeness (QED) is 0.206. The van der Waals surface area contributed by atoms with Crippen LogP contribution in [0.3, 0.4) is 0 Å². The largest absolute Gasteiger partial charge is 0.309 e. The predicted octanol–water partition coefficient (Wildman–Crippen LogP) is 10.4. The van der Waals surface area contributed by atoms with Crippen LogP contribution in [0.15, 0.2) is 158 Å². The minimum Gasteiger partial charge on any atom is -0.309 e. The van der Waals surface area contributed by atoms with Gasteiger partial charge in [0.25, 0.3) is 0 Å². The van der Waals surface area contributed by atoms with Crippen LogP contribution in [0.2, 0.25) is 0 Å². The molecule has 10 aromatic rings. The fourth-order valence-electron chi connectivity index (χ4n) is 7.49. The average Bonchev–Trinajstić information content (AvgIpc) is 3.80. The van der Waals surface area contributed by atoms with Crippen molar-refractivity contribution < 1.29 is 0 Å². The third-order valence-electron chi connectivity index (χ3n) is 9.28. The van der Waals surface area contributed by atoms with E-state index in [2.05, 4.69) is 159 Å². The fourth-order valence-corrected chi connectivity index (χ4v) is 7.49. The zero-order valence-electron chi connectivity index (χ0n) is 24.3. The molecule has 0 radical (unpaired) electrons. The maximum atomic E-state index is 5.04. The lowest BCUT2D eigenvalue weighted by Gasteiger charge is -2.13. The van der Waals surface area contributed by atoms with E-state index in [4.69, 9.17) is 4.98 Å². The summed E-state index contributed by atoms with van der Waals surface area (Å²) in [5.41, 5.74) is 10.2. The molecule has 0 aliphatic heterocycles. The Morgan fingerprint density at radius 2 is 0.933 bits per heavy atom. The zero-order valence-corrected chi connectivity index (χ0v) is 24.3. The van der Waals surface area contributed by atoms with Gasteiger partial charge < -0.3 is 9.13 Å². The van der Waals surface area contributed by atoms with Gasteiger partial charge in [0.05, 0.1) is 33.3 Å². The first-order valence-electron chi connectivity index (χ1n) is 15.3.